The molecule has 0 radical (unpaired) electrons. The number of ether oxygens (including phenoxy) is 2. The molecular formula is C20H25ClN4O4. The van der Waals surface area contributed by atoms with Gasteiger partial charge in [0, 0.05) is 19.1 Å². The largest absolute Gasteiger partial charge is 0.496 e. The van der Waals surface area contributed by atoms with Crippen LogP contribution in [0.15, 0.2) is 16.7 Å². The first-order valence-corrected chi connectivity index (χ1v) is 10.3. The Labute approximate surface area is 174 Å². The molecule has 1 unspecified atom stereocenters. The summed E-state index contributed by atoms with van der Waals surface area (Å²) in [6.07, 6.45) is 4.66. The molecular weight excluding hydrogens is 396 g/mol. The molecule has 2 saturated heterocycles. The van der Waals surface area contributed by atoms with E-state index in [1.807, 2.05) is 0 Å². The molecule has 2 fully saturated rings. The number of likely N-dealkylation sites (tertiary alicyclic amines) is 1. The second-order valence-electron chi connectivity index (χ2n) is 7.56. The lowest BCUT2D eigenvalue weighted by atomic mass is 9.96. The summed E-state index contributed by atoms with van der Waals surface area (Å²) in [5.74, 6) is 1.04. The third-order valence-electron chi connectivity index (χ3n) is 5.67. The van der Waals surface area contributed by atoms with Crippen molar-refractivity contribution < 1.29 is 18.8 Å². The predicted molar refractivity (Wildman–Crippen MR) is 107 cm³/mol. The summed E-state index contributed by atoms with van der Waals surface area (Å²) < 4.78 is 16.6. The normalized spacial score (nSPS) is 20.8. The molecule has 1 amide bonds. The summed E-state index contributed by atoms with van der Waals surface area (Å²) in [4.78, 5) is 18.5. The summed E-state index contributed by atoms with van der Waals surface area (Å²) in [5.41, 5.74) is 6.07. The van der Waals surface area contributed by atoms with E-state index in [1.165, 1.54) is 19.6 Å². The molecule has 0 bridgehead atoms. The van der Waals surface area contributed by atoms with Crippen molar-refractivity contribution in [2.24, 2.45) is 5.73 Å². The molecule has 2 aliphatic rings. The molecule has 1 aromatic heterocycles. The highest BCUT2D eigenvalue weighted by molar-refractivity contribution is 6.34. The fourth-order valence-electron chi connectivity index (χ4n) is 4.04. The summed E-state index contributed by atoms with van der Waals surface area (Å²) >= 11 is 6.18. The van der Waals surface area contributed by atoms with E-state index in [0.717, 1.165) is 45.5 Å². The number of rotatable bonds is 6. The van der Waals surface area contributed by atoms with Crippen LogP contribution in [0, 0.1) is 0 Å². The van der Waals surface area contributed by atoms with Crippen molar-refractivity contribution in [2.45, 2.75) is 37.7 Å². The fraction of sp³-hybridized carbons (Fsp3) is 0.550. The minimum absolute atomic E-state index is 0.186. The average molecular weight is 421 g/mol. The third kappa shape index (κ3) is 4.39. The van der Waals surface area contributed by atoms with Crippen molar-refractivity contribution in [3.63, 3.8) is 0 Å². The van der Waals surface area contributed by atoms with Crippen LogP contribution in [0.2, 0.25) is 5.02 Å². The Bertz CT molecular complexity index is 873. The van der Waals surface area contributed by atoms with E-state index in [2.05, 4.69) is 15.0 Å². The van der Waals surface area contributed by atoms with Crippen molar-refractivity contribution in [1.82, 2.24) is 15.0 Å². The Balaban J connectivity index is 1.45. The molecule has 1 aromatic carbocycles. The number of primary amides is 1. The van der Waals surface area contributed by atoms with Crippen molar-refractivity contribution >= 4 is 17.5 Å². The van der Waals surface area contributed by atoms with Crippen molar-refractivity contribution in [3.05, 3.63) is 28.5 Å². The minimum atomic E-state index is -0.624. The highest BCUT2D eigenvalue weighted by atomic mass is 35.5. The molecule has 2 aromatic rings. The molecule has 0 aliphatic carbocycles. The van der Waals surface area contributed by atoms with Gasteiger partial charge < -0.3 is 24.6 Å². The molecule has 0 spiro atoms. The lowest BCUT2D eigenvalue weighted by Gasteiger charge is -2.31. The summed E-state index contributed by atoms with van der Waals surface area (Å²) in [7, 11) is 1.50. The van der Waals surface area contributed by atoms with Crippen LogP contribution in [-0.4, -0.2) is 60.4 Å². The number of benzene rings is 1. The number of nitrogens with two attached hydrogens (primary N) is 1. The van der Waals surface area contributed by atoms with Gasteiger partial charge in [-0.15, -0.1) is 0 Å². The second kappa shape index (κ2) is 8.69. The molecule has 4 rings (SSSR count). The molecule has 2 N–H and O–H groups in total. The quantitative estimate of drug-likeness (QED) is 0.766. The van der Waals surface area contributed by atoms with Crippen LogP contribution in [0.1, 0.15) is 47.8 Å². The van der Waals surface area contributed by atoms with Gasteiger partial charge in [0.1, 0.15) is 5.75 Å². The Kier molecular flexibility index (Phi) is 6.03. The van der Waals surface area contributed by atoms with Crippen LogP contribution < -0.4 is 10.5 Å². The van der Waals surface area contributed by atoms with Gasteiger partial charge in [-0.2, -0.15) is 4.98 Å². The fourth-order valence-corrected chi connectivity index (χ4v) is 4.30. The number of hydrogen-bond donors (Lipinski definition) is 1. The number of methoxy groups -OCH3 is 1. The van der Waals surface area contributed by atoms with Crippen molar-refractivity contribution in [3.8, 4) is 17.2 Å². The van der Waals surface area contributed by atoms with E-state index >= 15 is 0 Å². The van der Waals surface area contributed by atoms with Gasteiger partial charge in [0.25, 0.3) is 5.89 Å². The molecule has 2 aliphatic heterocycles. The molecule has 156 valence electrons. The number of hydrogen-bond acceptors (Lipinski definition) is 7. The van der Waals surface area contributed by atoms with E-state index in [-0.39, 0.29) is 16.5 Å². The maximum Gasteiger partial charge on any atom is 0.261 e. The number of piperidine rings is 1. The monoisotopic (exact) mass is 420 g/mol. The highest BCUT2D eigenvalue weighted by Gasteiger charge is 2.28. The van der Waals surface area contributed by atoms with Gasteiger partial charge in [0.05, 0.1) is 29.4 Å². The number of halogens is 1. The number of amides is 1. The maximum atomic E-state index is 11.5. The Hall–Kier alpha value is -2.16. The van der Waals surface area contributed by atoms with Gasteiger partial charge in [0.2, 0.25) is 5.91 Å². The van der Waals surface area contributed by atoms with Gasteiger partial charge in [-0.3, -0.25) is 4.79 Å². The first kappa shape index (κ1) is 20.1. The predicted octanol–water partition coefficient (Wildman–Crippen LogP) is 2.86. The first-order valence-electron chi connectivity index (χ1n) is 9.90. The number of carbonyl (C=O) groups is 1. The molecule has 8 nitrogen and oxygen atoms in total. The summed E-state index contributed by atoms with van der Waals surface area (Å²) in [6, 6.07) is 3.06. The van der Waals surface area contributed by atoms with Gasteiger partial charge >= 0.3 is 0 Å². The highest BCUT2D eigenvalue weighted by Crippen LogP contribution is 2.35. The number of nitrogens with zero attached hydrogens (tertiary/aromatic N) is 3. The standard InChI is InChI=1S/C20H25ClN4O4/c1-27-17-10-14(18(22)26)16(21)9-15(17)20-23-19(24-29-20)12-4-6-25(7-5-12)11-13-3-2-8-28-13/h9-10,12-13H,2-8,11H2,1H3,(H2,22,26). The van der Waals surface area contributed by atoms with Crippen molar-refractivity contribution in [2.75, 3.05) is 33.4 Å². The van der Waals surface area contributed by atoms with E-state index in [9.17, 15) is 4.79 Å². The SMILES string of the molecule is COc1cc(C(N)=O)c(Cl)cc1-c1nc(C2CCN(CC3CCCO3)CC2)no1. The van der Waals surface area contributed by atoms with E-state index in [1.54, 1.807) is 6.07 Å². The van der Waals surface area contributed by atoms with Crippen LogP contribution in [0.4, 0.5) is 0 Å². The van der Waals surface area contributed by atoms with E-state index in [0.29, 0.717) is 29.1 Å². The Morgan fingerprint density at radius 1 is 1.34 bits per heavy atom. The lowest BCUT2D eigenvalue weighted by Crippen LogP contribution is -2.38. The zero-order chi connectivity index (χ0) is 20.4. The second-order valence-corrected chi connectivity index (χ2v) is 7.97. The summed E-state index contributed by atoms with van der Waals surface area (Å²) in [5, 5.41) is 4.41. The molecule has 1 atom stereocenters. The zero-order valence-corrected chi connectivity index (χ0v) is 17.2. The smallest absolute Gasteiger partial charge is 0.261 e. The first-order chi connectivity index (χ1) is 14.0. The molecule has 29 heavy (non-hydrogen) atoms. The maximum absolute atomic E-state index is 11.5. The van der Waals surface area contributed by atoms with Crippen LogP contribution in [0.5, 0.6) is 5.75 Å². The van der Waals surface area contributed by atoms with E-state index < -0.39 is 5.91 Å². The summed E-state index contributed by atoms with van der Waals surface area (Å²) in [6.45, 7) is 3.89. The van der Waals surface area contributed by atoms with Crippen molar-refractivity contribution in [1.29, 1.82) is 0 Å². The topological polar surface area (TPSA) is 104 Å². The van der Waals surface area contributed by atoms with Crippen LogP contribution in [-0.2, 0) is 4.74 Å². The van der Waals surface area contributed by atoms with Crippen LogP contribution in [0.3, 0.4) is 0 Å². The third-order valence-corrected chi connectivity index (χ3v) is 5.98. The zero-order valence-electron chi connectivity index (χ0n) is 16.4. The molecule has 3 heterocycles. The van der Waals surface area contributed by atoms with Crippen LogP contribution in [0.25, 0.3) is 11.5 Å². The Morgan fingerprint density at radius 3 is 2.79 bits per heavy atom. The minimum Gasteiger partial charge on any atom is -0.496 e. The Morgan fingerprint density at radius 2 is 2.14 bits per heavy atom. The lowest BCUT2D eigenvalue weighted by molar-refractivity contribution is 0.0639. The molecule has 0 saturated carbocycles. The van der Waals surface area contributed by atoms with E-state index in [4.69, 9.17) is 31.3 Å². The molecule has 9 heteroatoms. The van der Waals surface area contributed by atoms with Gasteiger partial charge in [-0.1, -0.05) is 16.8 Å². The number of carbonyl (C=O) groups excluding carboxylic acids is 1. The van der Waals surface area contributed by atoms with Gasteiger partial charge in [-0.25, -0.2) is 0 Å². The van der Waals surface area contributed by atoms with Gasteiger partial charge in [0.15, 0.2) is 5.82 Å². The van der Waals surface area contributed by atoms with Gasteiger partial charge in [-0.05, 0) is 50.9 Å². The average Bonchev–Trinajstić information content (AvgIpc) is 3.40. The number of aromatic nitrogens is 2. The van der Waals surface area contributed by atoms with Crippen LogP contribution >= 0.6 is 11.6 Å².